The first-order valence-corrected chi connectivity index (χ1v) is 7.19. The molecule has 0 atom stereocenters. The topological polar surface area (TPSA) is 40.5 Å². The smallest absolute Gasteiger partial charge is 0.161 e. The Morgan fingerprint density at radius 2 is 1.06 bits per heavy atom. The van der Waals surface area contributed by atoms with Crippen LogP contribution in [0.5, 0.6) is 11.5 Å². The fourth-order valence-corrected chi connectivity index (χ4v) is 2.81. The van der Waals surface area contributed by atoms with Crippen LogP contribution in [0.3, 0.4) is 0 Å². The quantitative estimate of drug-likeness (QED) is 0.745. The van der Waals surface area contributed by atoms with Gasteiger partial charge < -0.3 is 10.2 Å². The highest BCUT2D eigenvalue weighted by molar-refractivity contribution is 5.59. The number of hydrogen-bond acceptors (Lipinski definition) is 2. The minimum Gasteiger partial charge on any atom is -0.504 e. The van der Waals surface area contributed by atoms with E-state index < -0.39 is 0 Å². The van der Waals surface area contributed by atoms with Crippen LogP contribution in [0.2, 0.25) is 0 Å². The zero-order valence-electron chi connectivity index (χ0n) is 12.1. The van der Waals surface area contributed by atoms with Gasteiger partial charge in [0, 0.05) is 11.1 Å². The van der Waals surface area contributed by atoms with Gasteiger partial charge in [-0.2, -0.15) is 0 Å². The van der Waals surface area contributed by atoms with Crippen molar-refractivity contribution in [2.24, 2.45) is 0 Å². The Balaban J connectivity index is 3.53. The Morgan fingerprint density at radius 1 is 0.611 bits per heavy atom. The molecule has 0 bridgehead atoms. The summed E-state index contributed by atoms with van der Waals surface area (Å²) in [4.78, 5) is 0. The lowest BCUT2D eigenvalue weighted by Gasteiger charge is -2.20. The molecule has 0 spiro atoms. The highest BCUT2D eigenvalue weighted by Crippen LogP contribution is 2.40. The maximum Gasteiger partial charge on any atom is 0.161 e. The summed E-state index contributed by atoms with van der Waals surface area (Å²) >= 11 is 0. The van der Waals surface area contributed by atoms with Crippen molar-refractivity contribution in [3.05, 3.63) is 22.3 Å². The van der Waals surface area contributed by atoms with Crippen molar-refractivity contribution >= 4 is 0 Å². The second kappa shape index (κ2) is 6.67. The normalized spacial score (nSPS) is 10.9. The van der Waals surface area contributed by atoms with Gasteiger partial charge in [-0.25, -0.2) is 0 Å². The minimum absolute atomic E-state index is 0.109. The van der Waals surface area contributed by atoms with E-state index in [0.717, 1.165) is 49.7 Å². The molecule has 1 aromatic rings. The van der Waals surface area contributed by atoms with Gasteiger partial charge in [-0.1, -0.05) is 40.5 Å². The van der Waals surface area contributed by atoms with Crippen LogP contribution in [-0.4, -0.2) is 10.2 Å². The van der Waals surface area contributed by atoms with Crippen molar-refractivity contribution in [1.29, 1.82) is 0 Å². The molecule has 0 amide bonds. The first kappa shape index (κ1) is 14.9. The van der Waals surface area contributed by atoms with Crippen LogP contribution < -0.4 is 0 Å². The average molecular weight is 250 g/mol. The largest absolute Gasteiger partial charge is 0.504 e. The van der Waals surface area contributed by atoms with Crippen molar-refractivity contribution in [3.8, 4) is 11.5 Å². The van der Waals surface area contributed by atoms with Crippen LogP contribution in [0.15, 0.2) is 0 Å². The van der Waals surface area contributed by atoms with Gasteiger partial charge in [0.25, 0.3) is 0 Å². The maximum absolute atomic E-state index is 10.2. The predicted molar refractivity (Wildman–Crippen MR) is 76.5 cm³/mol. The molecule has 0 heterocycles. The SMILES string of the molecule is CCCc1c(O)c(O)c(CC)c(CC)c1CCC. The van der Waals surface area contributed by atoms with Gasteiger partial charge in [0.15, 0.2) is 11.5 Å². The summed E-state index contributed by atoms with van der Waals surface area (Å²) < 4.78 is 0. The first-order valence-electron chi connectivity index (χ1n) is 7.19. The molecule has 2 N–H and O–H groups in total. The molecule has 18 heavy (non-hydrogen) atoms. The molecule has 0 aliphatic heterocycles. The molecule has 0 aliphatic rings. The zero-order chi connectivity index (χ0) is 13.7. The van der Waals surface area contributed by atoms with Crippen molar-refractivity contribution in [2.75, 3.05) is 0 Å². The molecule has 0 fully saturated rings. The molecule has 1 rings (SSSR count). The van der Waals surface area contributed by atoms with E-state index in [-0.39, 0.29) is 11.5 Å². The van der Waals surface area contributed by atoms with Crippen LogP contribution in [-0.2, 0) is 25.7 Å². The molecular formula is C16H26O2. The number of phenols is 2. The Morgan fingerprint density at radius 3 is 1.50 bits per heavy atom. The monoisotopic (exact) mass is 250 g/mol. The fourth-order valence-electron chi connectivity index (χ4n) is 2.81. The van der Waals surface area contributed by atoms with E-state index in [1.54, 1.807) is 0 Å². The van der Waals surface area contributed by atoms with E-state index in [2.05, 4.69) is 20.8 Å². The van der Waals surface area contributed by atoms with Gasteiger partial charge >= 0.3 is 0 Å². The highest BCUT2D eigenvalue weighted by atomic mass is 16.3. The average Bonchev–Trinajstić information content (AvgIpc) is 2.37. The third kappa shape index (κ3) is 2.63. The Bertz CT molecular complexity index is 408. The van der Waals surface area contributed by atoms with Crippen LogP contribution in [0.1, 0.15) is 62.8 Å². The van der Waals surface area contributed by atoms with E-state index >= 15 is 0 Å². The van der Waals surface area contributed by atoms with Crippen LogP contribution >= 0.6 is 0 Å². The summed E-state index contributed by atoms with van der Waals surface area (Å²) in [5, 5.41) is 20.4. The standard InChI is InChI=1S/C16H26O2/c1-5-9-13-11(7-3)12(8-4)15(17)16(18)14(13)10-6-2/h17-18H,5-10H2,1-4H3. The number of benzene rings is 1. The number of aromatic hydroxyl groups is 2. The molecule has 0 unspecified atom stereocenters. The van der Waals surface area contributed by atoms with E-state index in [1.165, 1.54) is 11.1 Å². The molecule has 2 nitrogen and oxygen atoms in total. The third-order valence-electron chi connectivity index (χ3n) is 3.60. The Kier molecular flexibility index (Phi) is 5.52. The van der Waals surface area contributed by atoms with Gasteiger partial charge in [0.2, 0.25) is 0 Å². The third-order valence-corrected chi connectivity index (χ3v) is 3.60. The molecule has 0 aromatic heterocycles. The lowest BCUT2D eigenvalue weighted by molar-refractivity contribution is 0.393. The lowest BCUT2D eigenvalue weighted by atomic mass is 9.87. The predicted octanol–water partition coefficient (Wildman–Crippen LogP) is 4.13. The maximum atomic E-state index is 10.2. The molecule has 0 radical (unpaired) electrons. The number of rotatable bonds is 6. The summed E-state index contributed by atoms with van der Waals surface area (Å²) in [6.07, 6.45) is 5.56. The zero-order valence-corrected chi connectivity index (χ0v) is 12.1. The molecule has 102 valence electrons. The molecule has 0 aliphatic carbocycles. The van der Waals surface area contributed by atoms with Crippen LogP contribution in [0.4, 0.5) is 0 Å². The second-order valence-electron chi connectivity index (χ2n) is 4.82. The number of phenolic OH excluding ortho intramolecular Hbond substituents is 2. The highest BCUT2D eigenvalue weighted by Gasteiger charge is 2.20. The van der Waals surface area contributed by atoms with Gasteiger partial charge in [-0.15, -0.1) is 0 Å². The Labute approximate surface area is 111 Å². The summed E-state index contributed by atoms with van der Waals surface area (Å²) in [6.45, 7) is 8.42. The van der Waals surface area contributed by atoms with Gasteiger partial charge in [0.1, 0.15) is 0 Å². The van der Waals surface area contributed by atoms with E-state index in [0.29, 0.717) is 0 Å². The molecule has 2 heteroatoms. The number of hydrogen-bond donors (Lipinski definition) is 2. The second-order valence-corrected chi connectivity index (χ2v) is 4.82. The summed E-state index contributed by atoms with van der Waals surface area (Å²) in [6, 6.07) is 0. The first-order chi connectivity index (χ1) is 8.62. The van der Waals surface area contributed by atoms with Crippen LogP contribution in [0, 0.1) is 0 Å². The minimum atomic E-state index is 0.109. The van der Waals surface area contributed by atoms with E-state index in [9.17, 15) is 10.2 Å². The summed E-state index contributed by atoms with van der Waals surface area (Å²) in [5.41, 5.74) is 4.41. The summed E-state index contributed by atoms with van der Waals surface area (Å²) in [5.74, 6) is 0.229. The molecule has 1 aromatic carbocycles. The fraction of sp³-hybridized carbons (Fsp3) is 0.625. The molecule has 0 saturated heterocycles. The van der Waals surface area contributed by atoms with Gasteiger partial charge in [-0.05, 0) is 36.8 Å². The van der Waals surface area contributed by atoms with Gasteiger partial charge in [-0.3, -0.25) is 0 Å². The van der Waals surface area contributed by atoms with Gasteiger partial charge in [0.05, 0.1) is 0 Å². The van der Waals surface area contributed by atoms with Crippen molar-refractivity contribution in [2.45, 2.75) is 66.2 Å². The van der Waals surface area contributed by atoms with E-state index in [4.69, 9.17) is 0 Å². The Hall–Kier alpha value is -1.18. The lowest BCUT2D eigenvalue weighted by Crippen LogP contribution is -2.05. The molecular weight excluding hydrogens is 224 g/mol. The summed E-state index contributed by atoms with van der Waals surface area (Å²) in [7, 11) is 0. The van der Waals surface area contributed by atoms with Crippen molar-refractivity contribution in [3.63, 3.8) is 0 Å². The van der Waals surface area contributed by atoms with E-state index in [1.807, 2.05) is 6.92 Å². The van der Waals surface area contributed by atoms with Crippen molar-refractivity contribution in [1.82, 2.24) is 0 Å². The van der Waals surface area contributed by atoms with Crippen molar-refractivity contribution < 1.29 is 10.2 Å². The van der Waals surface area contributed by atoms with Crippen LogP contribution in [0.25, 0.3) is 0 Å². The molecule has 0 saturated carbocycles.